The summed E-state index contributed by atoms with van der Waals surface area (Å²) in [5.74, 6) is 0.624. The van der Waals surface area contributed by atoms with E-state index in [1.165, 1.54) is 17.1 Å². The van der Waals surface area contributed by atoms with Crippen molar-refractivity contribution in [2.75, 3.05) is 0 Å². The summed E-state index contributed by atoms with van der Waals surface area (Å²) in [7, 11) is 0. The van der Waals surface area contributed by atoms with Crippen molar-refractivity contribution in [2.24, 2.45) is 0 Å². The molecular formula is C12H12F2N6. The Balaban J connectivity index is 2.09. The number of nitrogens with zero attached hydrogens (tertiary/aromatic N) is 6. The number of rotatable bonds is 3. The zero-order valence-corrected chi connectivity index (χ0v) is 11.0. The van der Waals surface area contributed by atoms with Gasteiger partial charge in [-0.05, 0) is 13.8 Å². The van der Waals surface area contributed by atoms with Gasteiger partial charge in [0.25, 0.3) is 6.43 Å². The molecule has 0 unspecified atom stereocenters. The zero-order chi connectivity index (χ0) is 14.3. The Bertz CT molecular complexity index is 760. The standard InChI is InChI=1S/C12H12F2N6/c1-7-10-4-15-8(2)17-12(10)20(18-7)9-3-16-19(5-9)6-11(13)14/h3-5,11H,6H2,1-2H3. The van der Waals surface area contributed by atoms with Crippen molar-refractivity contribution >= 4 is 11.0 Å². The van der Waals surface area contributed by atoms with Crippen LogP contribution >= 0.6 is 0 Å². The number of halogens is 2. The van der Waals surface area contributed by atoms with E-state index in [1.54, 1.807) is 17.8 Å². The molecule has 3 rings (SSSR count). The monoisotopic (exact) mass is 278 g/mol. The van der Waals surface area contributed by atoms with E-state index >= 15 is 0 Å². The van der Waals surface area contributed by atoms with Gasteiger partial charge in [0.05, 0.1) is 23.5 Å². The Hall–Kier alpha value is -2.38. The van der Waals surface area contributed by atoms with E-state index in [0.29, 0.717) is 17.2 Å². The summed E-state index contributed by atoms with van der Waals surface area (Å²) >= 11 is 0. The molecule has 0 aliphatic heterocycles. The van der Waals surface area contributed by atoms with Gasteiger partial charge in [0.1, 0.15) is 18.1 Å². The van der Waals surface area contributed by atoms with Gasteiger partial charge < -0.3 is 0 Å². The third-order valence-corrected chi connectivity index (χ3v) is 2.92. The molecule has 0 saturated heterocycles. The van der Waals surface area contributed by atoms with Crippen molar-refractivity contribution in [2.45, 2.75) is 26.8 Å². The number of alkyl halides is 2. The largest absolute Gasteiger partial charge is 0.265 e. The predicted octanol–water partition coefficient (Wildman–Crippen LogP) is 1.89. The molecule has 0 aliphatic carbocycles. The van der Waals surface area contributed by atoms with E-state index in [9.17, 15) is 8.78 Å². The maximum atomic E-state index is 12.3. The van der Waals surface area contributed by atoms with Crippen LogP contribution in [0.15, 0.2) is 18.6 Å². The lowest BCUT2D eigenvalue weighted by molar-refractivity contribution is 0.122. The average molecular weight is 278 g/mol. The average Bonchev–Trinajstić information content (AvgIpc) is 2.94. The van der Waals surface area contributed by atoms with Crippen molar-refractivity contribution in [1.29, 1.82) is 0 Å². The summed E-state index contributed by atoms with van der Waals surface area (Å²) in [6, 6.07) is 0. The molecule has 0 aromatic carbocycles. The van der Waals surface area contributed by atoms with Gasteiger partial charge in [-0.2, -0.15) is 10.2 Å². The minimum atomic E-state index is -2.44. The molecule has 0 bridgehead atoms. The first kappa shape index (κ1) is 12.6. The molecule has 0 amide bonds. The molecule has 0 saturated carbocycles. The fourth-order valence-electron chi connectivity index (χ4n) is 2.01. The van der Waals surface area contributed by atoms with Crippen molar-refractivity contribution in [3.8, 4) is 5.69 Å². The van der Waals surface area contributed by atoms with Crippen LogP contribution in [0.25, 0.3) is 16.7 Å². The Kier molecular flexibility index (Phi) is 2.92. The highest BCUT2D eigenvalue weighted by molar-refractivity contribution is 5.78. The van der Waals surface area contributed by atoms with E-state index in [4.69, 9.17) is 0 Å². The zero-order valence-electron chi connectivity index (χ0n) is 11.0. The minimum absolute atomic E-state index is 0.438. The van der Waals surface area contributed by atoms with Crippen molar-refractivity contribution in [1.82, 2.24) is 29.5 Å². The molecule has 3 heterocycles. The Morgan fingerprint density at radius 1 is 1.25 bits per heavy atom. The van der Waals surface area contributed by atoms with E-state index in [0.717, 1.165) is 11.1 Å². The second-order valence-corrected chi connectivity index (χ2v) is 4.46. The Labute approximate surface area is 113 Å². The lowest BCUT2D eigenvalue weighted by atomic mass is 10.3. The topological polar surface area (TPSA) is 61.4 Å². The summed E-state index contributed by atoms with van der Waals surface area (Å²) in [4.78, 5) is 8.48. The smallest absolute Gasteiger partial charge is 0.257 e. The Morgan fingerprint density at radius 2 is 2.05 bits per heavy atom. The Morgan fingerprint density at radius 3 is 2.80 bits per heavy atom. The van der Waals surface area contributed by atoms with Crippen LogP contribution in [0.2, 0.25) is 0 Å². The summed E-state index contributed by atoms with van der Waals surface area (Å²) in [5, 5.41) is 9.10. The molecular weight excluding hydrogens is 266 g/mol. The highest BCUT2D eigenvalue weighted by atomic mass is 19.3. The van der Waals surface area contributed by atoms with Crippen LogP contribution in [0.1, 0.15) is 11.5 Å². The first-order valence-corrected chi connectivity index (χ1v) is 6.04. The fourth-order valence-corrected chi connectivity index (χ4v) is 2.01. The lowest BCUT2D eigenvalue weighted by Crippen LogP contribution is -2.06. The summed E-state index contributed by atoms with van der Waals surface area (Å²) in [5.41, 5.74) is 2.02. The molecule has 3 aromatic rings. The molecule has 0 N–H and O–H groups in total. The quantitative estimate of drug-likeness (QED) is 0.734. The lowest BCUT2D eigenvalue weighted by Gasteiger charge is -2.00. The second-order valence-electron chi connectivity index (χ2n) is 4.46. The summed E-state index contributed by atoms with van der Waals surface area (Å²) < 4.78 is 27.5. The number of hydrogen-bond acceptors (Lipinski definition) is 4. The van der Waals surface area contributed by atoms with E-state index in [-0.39, 0.29) is 0 Å². The van der Waals surface area contributed by atoms with Crippen LogP contribution in [-0.2, 0) is 6.54 Å². The molecule has 20 heavy (non-hydrogen) atoms. The van der Waals surface area contributed by atoms with Crippen LogP contribution in [0.4, 0.5) is 8.78 Å². The highest BCUT2D eigenvalue weighted by Crippen LogP contribution is 2.19. The summed E-state index contributed by atoms with van der Waals surface area (Å²) in [6.45, 7) is 3.19. The molecule has 104 valence electrons. The first-order chi connectivity index (χ1) is 9.54. The third-order valence-electron chi connectivity index (χ3n) is 2.92. The fraction of sp³-hybridized carbons (Fsp3) is 0.333. The van der Waals surface area contributed by atoms with Gasteiger partial charge in [-0.1, -0.05) is 0 Å². The minimum Gasteiger partial charge on any atom is -0.265 e. The number of fused-ring (bicyclic) bond motifs is 1. The van der Waals surface area contributed by atoms with Crippen molar-refractivity contribution in [3.05, 3.63) is 30.1 Å². The maximum absolute atomic E-state index is 12.3. The molecule has 0 radical (unpaired) electrons. The van der Waals surface area contributed by atoms with E-state index in [1.807, 2.05) is 6.92 Å². The van der Waals surface area contributed by atoms with Gasteiger partial charge in [0.15, 0.2) is 5.65 Å². The molecule has 3 aromatic heterocycles. The summed E-state index contributed by atoms with van der Waals surface area (Å²) in [6.07, 6.45) is 2.28. The normalized spacial score (nSPS) is 11.7. The van der Waals surface area contributed by atoms with Gasteiger partial charge in [-0.25, -0.2) is 23.4 Å². The second kappa shape index (κ2) is 4.62. The van der Waals surface area contributed by atoms with Gasteiger partial charge in [-0.15, -0.1) is 0 Å². The van der Waals surface area contributed by atoms with Gasteiger partial charge in [-0.3, -0.25) is 4.68 Å². The maximum Gasteiger partial charge on any atom is 0.257 e. The van der Waals surface area contributed by atoms with Gasteiger partial charge in [0, 0.05) is 6.20 Å². The van der Waals surface area contributed by atoms with Crippen LogP contribution in [0.3, 0.4) is 0 Å². The van der Waals surface area contributed by atoms with Crippen molar-refractivity contribution in [3.63, 3.8) is 0 Å². The highest BCUT2D eigenvalue weighted by Gasteiger charge is 2.13. The first-order valence-electron chi connectivity index (χ1n) is 6.04. The molecule has 0 aliphatic rings. The number of hydrogen-bond donors (Lipinski definition) is 0. The number of aryl methyl sites for hydroxylation is 2. The molecule has 0 atom stereocenters. The molecule has 0 fully saturated rings. The molecule has 0 spiro atoms. The predicted molar refractivity (Wildman–Crippen MR) is 67.9 cm³/mol. The van der Waals surface area contributed by atoms with Gasteiger partial charge in [0.2, 0.25) is 0 Å². The molecule has 6 nitrogen and oxygen atoms in total. The molecule has 8 heteroatoms. The van der Waals surface area contributed by atoms with E-state index in [2.05, 4.69) is 20.2 Å². The SMILES string of the molecule is Cc1ncc2c(C)nn(-c3cnn(CC(F)F)c3)c2n1. The van der Waals surface area contributed by atoms with Crippen molar-refractivity contribution < 1.29 is 8.78 Å². The third kappa shape index (κ3) is 2.13. The van der Waals surface area contributed by atoms with Crippen LogP contribution in [-0.4, -0.2) is 36.0 Å². The van der Waals surface area contributed by atoms with Crippen LogP contribution in [0.5, 0.6) is 0 Å². The van der Waals surface area contributed by atoms with Gasteiger partial charge >= 0.3 is 0 Å². The van der Waals surface area contributed by atoms with Crippen LogP contribution in [0, 0.1) is 13.8 Å². The number of aromatic nitrogens is 6. The van der Waals surface area contributed by atoms with Crippen LogP contribution < -0.4 is 0 Å². The van der Waals surface area contributed by atoms with E-state index < -0.39 is 13.0 Å².